The molecule has 3 rings (SSSR count). The first-order chi connectivity index (χ1) is 12.1. The van der Waals surface area contributed by atoms with Gasteiger partial charge in [-0.3, -0.25) is 0 Å². The van der Waals surface area contributed by atoms with Gasteiger partial charge in [-0.2, -0.15) is 4.57 Å². The van der Waals surface area contributed by atoms with Crippen LogP contribution in [0.4, 0.5) is 5.69 Å². The van der Waals surface area contributed by atoms with Gasteiger partial charge >= 0.3 is 0 Å². The molecule has 0 aliphatic heterocycles. The van der Waals surface area contributed by atoms with Crippen LogP contribution in [-0.2, 0) is 0 Å². The minimum Gasteiger partial charge on any atom is -0.502 e. The molecule has 0 fully saturated rings. The molecule has 2 N–H and O–H groups in total. The molecule has 0 aliphatic rings. The summed E-state index contributed by atoms with van der Waals surface area (Å²) in [6, 6.07) is 23.1. The highest BCUT2D eigenvalue weighted by Gasteiger charge is 2.23. The molecule has 0 saturated heterocycles. The van der Waals surface area contributed by atoms with Gasteiger partial charge in [-0.05, 0) is 19.1 Å². The average Bonchev–Trinajstić information content (AvgIpc) is 2.64. The predicted octanol–water partition coefficient (Wildman–Crippen LogP) is 4.61. The van der Waals surface area contributed by atoms with Crippen molar-refractivity contribution < 1.29 is 9.67 Å². The van der Waals surface area contributed by atoms with Crippen molar-refractivity contribution in [1.29, 1.82) is 0 Å². The highest BCUT2D eigenvalue weighted by Crippen LogP contribution is 2.19. The smallest absolute Gasteiger partial charge is 0.288 e. The fraction of sp³-hybridized carbons (Fsp3) is 0.0476. The molecule has 4 heteroatoms. The van der Waals surface area contributed by atoms with Crippen molar-refractivity contribution in [1.82, 2.24) is 0 Å². The number of nitrogens with one attached hydrogen (secondary N) is 1. The third-order valence-corrected chi connectivity index (χ3v) is 4.07. The lowest BCUT2D eigenvalue weighted by atomic mass is 10.1. The zero-order valence-corrected chi connectivity index (χ0v) is 14.7. The van der Waals surface area contributed by atoms with E-state index >= 15 is 0 Å². The minimum absolute atomic E-state index is 0.129. The normalized spacial score (nSPS) is 11.6. The van der Waals surface area contributed by atoms with Gasteiger partial charge in [0.25, 0.3) is 5.70 Å². The van der Waals surface area contributed by atoms with E-state index in [4.69, 9.17) is 12.2 Å². The zero-order chi connectivity index (χ0) is 17.6. The first-order valence-electron chi connectivity index (χ1n) is 7.98. The Kier molecular flexibility index (Phi) is 5.21. The molecule has 0 radical (unpaired) electrons. The summed E-state index contributed by atoms with van der Waals surface area (Å²) in [5, 5.41) is 14.1. The number of para-hydroxylation sites is 1. The molecule has 3 nitrogen and oxygen atoms in total. The van der Waals surface area contributed by atoms with Gasteiger partial charge in [-0.15, -0.1) is 0 Å². The van der Waals surface area contributed by atoms with E-state index in [1.54, 1.807) is 0 Å². The Morgan fingerprint density at radius 2 is 1.48 bits per heavy atom. The Morgan fingerprint density at radius 3 is 2.12 bits per heavy atom. The third-order valence-electron chi connectivity index (χ3n) is 3.77. The van der Waals surface area contributed by atoms with Gasteiger partial charge in [0.05, 0.1) is 0 Å². The number of aliphatic hydroxyl groups excluding tert-OH is 1. The van der Waals surface area contributed by atoms with Gasteiger partial charge < -0.3 is 10.4 Å². The second kappa shape index (κ2) is 7.73. The fourth-order valence-corrected chi connectivity index (χ4v) is 2.77. The Hall–Kier alpha value is -2.98. The van der Waals surface area contributed by atoms with E-state index in [2.05, 4.69) is 5.32 Å². The van der Waals surface area contributed by atoms with E-state index in [0.29, 0.717) is 16.2 Å². The maximum absolute atomic E-state index is 10.9. The maximum atomic E-state index is 10.9. The van der Waals surface area contributed by atoms with Gasteiger partial charge in [0.1, 0.15) is 0 Å². The van der Waals surface area contributed by atoms with E-state index in [-0.39, 0.29) is 5.76 Å². The van der Waals surface area contributed by atoms with Crippen LogP contribution in [0.15, 0.2) is 85.2 Å². The second-order valence-electron chi connectivity index (χ2n) is 5.67. The highest BCUT2D eigenvalue weighted by atomic mass is 32.1. The molecule has 3 aromatic rings. The number of nitrogens with zero attached hydrogens (tertiary/aromatic N) is 1. The summed E-state index contributed by atoms with van der Waals surface area (Å²) in [7, 11) is 0. The van der Waals surface area contributed by atoms with Gasteiger partial charge in [-0.1, -0.05) is 66.3 Å². The van der Waals surface area contributed by atoms with Gasteiger partial charge in [0, 0.05) is 23.4 Å². The molecule has 0 bridgehead atoms. The quantitative estimate of drug-likeness (QED) is 0.313. The van der Waals surface area contributed by atoms with Crippen LogP contribution in [0.2, 0.25) is 0 Å². The monoisotopic (exact) mass is 347 g/mol. The van der Waals surface area contributed by atoms with E-state index in [1.165, 1.54) is 0 Å². The van der Waals surface area contributed by atoms with Crippen LogP contribution in [0.1, 0.15) is 11.1 Å². The minimum atomic E-state index is 0.129. The molecule has 1 heterocycles. The number of hydrogen-bond donors (Lipinski definition) is 2. The van der Waals surface area contributed by atoms with Crippen molar-refractivity contribution in [2.45, 2.75) is 6.92 Å². The van der Waals surface area contributed by atoms with Crippen molar-refractivity contribution in [2.75, 3.05) is 5.32 Å². The number of pyridine rings is 1. The predicted molar refractivity (Wildman–Crippen MR) is 106 cm³/mol. The molecular formula is C21H19N2OS+. The third kappa shape index (κ3) is 4.11. The maximum Gasteiger partial charge on any atom is 0.288 e. The average molecular weight is 347 g/mol. The lowest BCUT2D eigenvalue weighted by Crippen LogP contribution is -2.38. The largest absolute Gasteiger partial charge is 0.502 e. The number of aromatic nitrogens is 1. The van der Waals surface area contributed by atoms with Crippen LogP contribution in [0.5, 0.6) is 0 Å². The molecule has 0 amide bonds. The second-order valence-corrected chi connectivity index (χ2v) is 6.07. The molecule has 2 aromatic carbocycles. The summed E-state index contributed by atoms with van der Waals surface area (Å²) in [6.45, 7) is 2.01. The Morgan fingerprint density at radius 1 is 0.880 bits per heavy atom. The molecule has 0 aliphatic carbocycles. The topological polar surface area (TPSA) is 36.1 Å². The van der Waals surface area contributed by atoms with E-state index < -0.39 is 0 Å². The number of aryl methyl sites for hydroxylation is 1. The van der Waals surface area contributed by atoms with E-state index in [1.807, 2.05) is 96.7 Å². The van der Waals surface area contributed by atoms with Crippen LogP contribution >= 0.6 is 12.2 Å². The van der Waals surface area contributed by atoms with E-state index in [9.17, 15) is 5.11 Å². The summed E-state index contributed by atoms with van der Waals surface area (Å²) in [5.74, 6) is 0.129. The van der Waals surface area contributed by atoms with Crippen LogP contribution in [0.25, 0.3) is 11.5 Å². The molecular weight excluding hydrogens is 328 g/mol. The van der Waals surface area contributed by atoms with E-state index in [0.717, 1.165) is 11.3 Å². The van der Waals surface area contributed by atoms with Gasteiger partial charge in [0.15, 0.2) is 23.1 Å². The lowest BCUT2D eigenvalue weighted by Gasteiger charge is -2.10. The molecule has 0 unspecified atom stereocenters. The van der Waals surface area contributed by atoms with Crippen LogP contribution in [0, 0.1) is 6.92 Å². The first kappa shape index (κ1) is 16.9. The van der Waals surface area contributed by atoms with Gasteiger partial charge in [0.2, 0.25) is 0 Å². The Bertz CT molecular complexity index is 888. The Balaban J connectivity index is 2.05. The highest BCUT2D eigenvalue weighted by molar-refractivity contribution is 7.81. The SMILES string of the molecule is Cc1ccc(/C(O)=C(\C(=S)Nc2ccccc2)[n+]2ccccc2)cc1. The number of rotatable bonds is 4. The standard InChI is InChI=1S/C21H18N2OS/c1-16-10-12-17(13-11-16)20(24)19(23-14-6-3-7-15-23)21(25)22-18-8-4-2-5-9-18/h2-15H,1H3,(H-,22,24,25)/p+1. The number of hydrogen-bond acceptors (Lipinski definition) is 2. The molecule has 25 heavy (non-hydrogen) atoms. The summed E-state index contributed by atoms with van der Waals surface area (Å²) in [6.07, 6.45) is 3.72. The van der Waals surface area contributed by atoms with Crippen LogP contribution in [0.3, 0.4) is 0 Å². The van der Waals surface area contributed by atoms with Crippen molar-refractivity contribution >= 4 is 34.3 Å². The van der Waals surface area contributed by atoms with Crippen molar-refractivity contribution in [2.24, 2.45) is 0 Å². The molecule has 124 valence electrons. The summed E-state index contributed by atoms with van der Waals surface area (Å²) < 4.78 is 1.81. The van der Waals surface area contributed by atoms with Crippen molar-refractivity contribution in [3.05, 3.63) is 96.3 Å². The number of anilines is 1. The molecule has 1 aromatic heterocycles. The number of benzene rings is 2. The number of aliphatic hydroxyl groups is 1. The van der Waals surface area contributed by atoms with Gasteiger partial charge in [-0.25, -0.2) is 0 Å². The van der Waals surface area contributed by atoms with Crippen molar-refractivity contribution in [3.8, 4) is 0 Å². The molecule has 0 spiro atoms. The summed E-state index contributed by atoms with van der Waals surface area (Å²) in [4.78, 5) is 0.445. The van der Waals surface area contributed by atoms with Crippen LogP contribution < -0.4 is 9.88 Å². The number of thiocarbonyl (C=S) groups is 1. The fourth-order valence-electron chi connectivity index (χ4n) is 2.45. The lowest BCUT2D eigenvalue weighted by molar-refractivity contribution is -0.575. The van der Waals surface area contributed by atoms with Crippen LogP contribution in [-0.4, -0.2) is 10.1 Å². The first-order valence-corrected chi connectivity index (χ1v) is 8.39. The zero-order valence-electron chi connectivity index (χ0n) is 13.9. The summed E-state index contributed by atoms with van der Waals surface area (Å²) >= 11 is 5.59. The summed E-state index contributed by atoms with van der Waals surface area (Å²) in [5.41, 5.74) is 3.26. The Labute approximate surface area is 152 Å². The van der Waals surface area contributed by atoms with Crippen molar-refractivity contribution in [3.63, 3.8) is 0 Å². The molecule has 0 atom stereocenters. The molecule has 0 saturated carbocycles.